The second-order valence-electron chi connectivity index (χ2n) is 29.8. The first-order chi connectivity index (χ1) is 55.2. The Morgan fingerprint density at radius 1 is 0.526 bits per heavy atom. The van der Waals surface area contributed by atoms with Gasteiger partial charge in [0.1, 0.15) is 65.6 Å². The van der Waals surface area contributed by atoms with E-state index in [2.05, 4.69) is 35.3 Å². The highest BCUT2D eigenvalue weighted by atomic mass is 32.2. The number of nitrogens with zero attached hydrogens (tertiary/aromatic N) is 12. The summed E-state index contributed by atoms with van der Waals surface area (Å²) in [6, 6.07) is 29.6. The lowest BCUT2D eigenvalue weighted by atomic mass is 10.0. The number of alkyl halides is 9. The van der Waals surface area contributed by atoms with Crippen LogP contribution >= 0.6 is 0 Å². The zero-order valence-electron chi connectivity index (χ0n) is 66.3. The monoisotopic (exact) mass is 1640 g/mol. The van der Waals surface area contributed by atoms with Crippen molar-refractivity contribution in [3.63, 3.8) is 0 Å². The van der Waals surface area contributed by atoms with Crippen LogP contribution in [0.4, 0.5) is 39.5 Å². The fraction of sp³-hybridized carbons (Fsp3) is 0.464. The third kappa shape index (κ3) is 26.7. The van der Waals surface area contributed by atoms with Crippen molar-refractivity contribution in [2.75, 3.05) is 66.6 Å². The summed E-state index contributed by atoms with van der Waals surface area (Å²) in [6.45, 7) is 16.3. The van der Waals surface area contributed by atoms with Crippen LogP contribution in [-0.4, -0.2) is 182 Å². The van der Waals surface area contributed by atoms with E-state index in [0.717, 1.165) is 125 Å². The molecule has 32 heteroatoms. The normalized spacial score (nSPS) is 14.9. The van der Waals surface area contributed by atoms with E-state index in [1.165, 1.54) is 22.7 Å². The molecule has 2 saturated carbocycles. The molecule has 12 rings (SSSR count). The maximum atomic E-state index is 12.6. The molecule has 116 heavy (non-hydrogen) atoms. The Hall–Kier alpha value is -10.1. The minimum absolute atomic E-state index is 0.0565. The first kappa shape index (κ1) is 88.3. The summed E-state index contributed by atoms with van der Waals surface area (Å²) in [4.78, 5) is 68.8. The molecule has 0 unspecified atom stereocenters. The number of benzene rings is 3. The number of carbonyl (C=O) groups is 3. The molecule has 7 heterocycles. The van der Waals surface area contributed by atoms with E-state index in [4.69, 9.17) is 24.0 Å². The average Bonchev–Trinajstić information content (AvgIpc) is 1.61. The number of piperazine rings is 1. The summed E-state index contributed by atoms with van der Waals surface area (Å²) in [7, 11) is -0.298. The summed E-state index contributed by atoms with van der Waals surface area (Å²) in [5, 5.41) is 12.8. The highest BCUT2D eigenvalue weighted by Crippen LogP contribution is 2.38. The lowest BCUT2D eigenvalue weighted by Crippen LogP contribution is -2.51. The summed E-state index contributed by atoms with van der Waals surface area (Å²) < 4.78 is 157. The predicted octanol–water partition coefficient (Wildman–Crippen LogP) is 17.2. The van der Waals surface area contributed by atoms with Gasteiger partial charge in [0.25, 0.3) is 10.2 Å². The van der Waals surface area contributed by atoms with Gasteiger partial charge in [-0.1, -0.05) is 47.5 Å². The Kier molecular flexibility index (Phi) is 30.6. The molecule has 3 aromatic carbocycles. The maximum Gasteiger partial charge on any atom is 0.389 e. The Morgan fingerprint density at radius 3 is 1.37 bits per heavy atom. The number of oxime groups is 3. The van der Waals surface area contributed by atoms with Crippen LogP contribution in [0.3, 0.4) is 0 Å². The number of fused-ring (bicyclic) bond motifs is 3. The number of carbonyl (C=O) groups excluding carboxylic acids is 3. The predicted molar refractivity (Wildman–Crippen MR) is 425 cm³/mol. The molecule has 0 amide bonds. The first-order valence-electron chi connectivity index (χ1n) is 39.0. The van der Waals surface area contributed by atoms with Crippen molar-refractivity contribution in [1.82, 2.24) is 41.7 Å². The molecule has 2 aliphatic carbocycles. The zero-order chi connectivity index (χ0) is 83.5. The number of hydrogen-bond donors (Lipinski definition) is 0. The number of aromatic nitrogens is 6. The lowest BCUT2D eigenvalue weighted by Gasteiger charge is -2.35. The van der Waals surface area contributed by atoms with Gasteiger partial charge >= 0.3 is 18.5 Å². The highest BCUT2D eigenvalue weighted by Gasteiger charge is 2.34. The van der Waals surface area contributed by atoms with E-state index in [9.17, 15) is 62.3 Å². The van der Waals surface area contributed by atoms with E-state index >= 15 is 0 Å². The fourth-order valence-corrected chi connectivity index (χ4v) is 14.0. The average molecular weight is 1640 g/mol. The Bertz CT molecular complexity index is 4840. The third-order valence-corrected chi connectivity index (χ3v) is 20.8. The van der Waals surface area contributed by atoms with Gasteiger partial charge in [-0.3, -0.25) is 27.6 Å². The second kappa shape index (κ2) is 40.2. The van der Waals surface area contributed by atoms with Crippen molar-refractivity contribution in [2.45, 2.75) is 175 Å². The van der Waals surface area contributed by atoms with Gasteiger partial charge in [-0.15, -0.1) is 0 Å². The quantitative estimate of drug-likeness (QED) is 0.0153. The standard InChI is InChI=1S/C28H35F3N6O4S.2C28H32F3N3O3/c1-34(2)42(39,40)36-14-12-35(13-15-36)10-4-16-41-33-20-23-8-11-37-26(21-32-27(37)19-23)24-6-3-5-22(17-24)18-25(38)7-9-28(29,30)31;2*1-4-11-36-33-27(20-5-6-20)21-8-10-34-25(17-32-26(34)16-21)22-12-19(14-24(15-22)37-18(2)3)13-23(35)7-9-28(29,30)31/h3,5-6,8,11,17,19-21H,4,7,9-10,12-16,18H2,1-2H3;2*8,10,12,14-18,20H,4-7,9,11,13H2,1-3H3/b;33-27+;33-27-. The van der Waals surface area contributed by atoms with Crippen LogP contribution < -0.4 is 9.47 Å². The molecule has 624 valence electrons. The number of Topliss-reactive ketones (excluding diaryl/α,β-unsaturated/α-hetero) is 3. The summed E-state index contributed by atoms with van der Waals surface area (Å²) >= 11 is 0. The molecule has 0 N–H and O–H groups in total. The van der Waals surface area contributed by atoms with Gasteiger partial charge in [0.15, 0.2) is 0 Å². The van der Waals surface area contributed by atoms with Crippen LogP contribution in [0.25, 0.3) is 50.7 Å². The Balaban J connectivity index is 0.000000184. The van der Waals surface area contributed by atoms with Crippen molar-refractivity contribution in [3.8, 4) is 45.3 Å². The number of pyridine rings is 3. The van der Waals surface area contributed by atoms with E-state index in [-0.39, 0.29) is 31.5 Å². The van der Waals surface area contributed by atoms with Gasteiger partial charge in [0.2, 0.25) is 0 Å². The minimum atomic E-state index is -4.36. The van der Waals surface area contributed by atoms with Crippen LogP contribution in [0.2, 0.25) is 0 Å². The molecule has 1 saturated heterocycles. The molecular weight excluding hydrogens is 1540 g/mol. The SMILES string of the molecule is CCCO/N=C(/c1ccn2c(-c3cc(CC(=O)CCC(F)(F)F)cc(OC(C)C)c3)cnc2c1)C1CC1.CCCO/N=C(\c1ccn2c(-c3cc(CC(=O)CCC(F)(F)F)cc(OC(C)C)c3)cnc2c1)C1CC1.CN(C)S(=O)(=O)N1CCN(CCCON=Cc2ccn3c(-c4cccc(CC(=O)CCC(F)(F)F)c4)cnc3c2)CC1. The largest absolute Gasteiger partial charge is 0.491 e. The van der Waals surface area contributed by atoms with Gasteiger partial charge in [-0.2, -0.15) is 56.5 Å². The second-order valence-corrected chi connectivity index (χ2v) is 31.9. The van der Waals surface area contributed by atoms with Gasteiger partial charge < -0.3 is 28.9 Å². The molecule has 1 aliphatic heterocycles. The Labute approximate surface area is 668 Å². The third-order valence-electron chi connectivity index (χ3n) is 18.9. The summed E-state index contributed by atoms with van der Waals surface area (Å²) in [5.41, 5.74) is 13.3. The molecule has 22 nitrogen and oxygen atoms in total. The molecule has 9 aromatic rings. The highest BCUT2D eigenvalue weighted by molar-refractivity contribution is 7.86. The number of hydrogen-bond acceptors (Lipinski definition) is 17. The minimum Gasteiger partial charge on any atom is -0.491 e. The van der Waals surface area contributed by atoms with Crippen molar-refractivity contribution in [2.24, 2.45) is 27.3 Å². The van der Waals surface area contributed by atoms with Crippen LogP contribution in [0, 0.1) is 11.8 Å². The van der Waals surface area contributed by atoms with Crippen molar-refractivity contribution in [1.29, 1.82) is 0 Å². The zero-order valence-corrected chi connectivity index (χ0v) is 67.1. The molecule has 0 bridgehead atoms. The van der Waals surface area contributed by atoms with Gasteiger partial charge in [0.05, 0.1) is 84.8 Å². The molecule has 6 aromatic heterocycles. The van der Waals surface area contributed by atoms with Gasteiger partial charge in [-0.05, 0) is 168 Å². The van der Waals surface area contributed by atoms with Crippen molar-refractivity contribution < 1.29 is 86.3 Å². The van der Waals surface area contributed by atoms with E-state index in [0.29, 0.717) is 91.7 Å². The molecule has 3 fully saturated rings. The van der Waals surface area contributed by atoms with E-state index in [1.54, 1.807) is 55.1 Å². The molecular formula is C84H99F9N12O10S. The van der Waals surface area contributed by atoms with Crippen LogP contribution in [0.1, 0.15) is 158 Å². The number of rotatable bonds is 37. The molecule has 0 atom stereocenters. The van der Waals surface area contributed by atoms with Crippen molar-refractivity contribution in [3.05, 3.63) is 168 Å². The van der Waals surface area contributed by atoms with Crippen LogP contribution in [0.15, 0.2) is 150 Å². The number of halogens is 9. The smallest absolute Gasteiger partial charge is 0.389 e. The maximum absolute atomic E-state index is 12.6. The summed E-state index contributed by atoms with van der Waals surface area (Å²) in [6.07, 6.45) is 0.885. The fourth-order valence-electron chi connectivity index (χ4n) is 12.9. The first-order valence-corrected chi connectivity index (χ1v) is 40.4. The van der Waals surface area contributed by atoms with Gasteiger partial charge in [0, 0.05) is 149 Å². The molecule has 3 aliphatic rings. The van der Waals surface area contributed by atoms with E-state index < -0.39 is 84.6 Å². The van der Waals surface area contributed by atoms with Crippen LogP contribution in [0.5, 0.6) is 11.5 Å². The van der Waals surface area contributed by atoms with E-state index in [1.807, 2.05) is 140 Å². The Morgan fingerprint density at radius 2 is 0.948 bits per heavy atom. The molecule has 0 radical (unpaired) electrons. The molecule has 0 spiro atoms. The topological polar surface area (TPSA) is 230 Å². The number of ether oxygens (including phenoxy) is 2. The van der Waals surface area contributed by atoms with Crippen molar-refractivity contribution >= 4 is 62.1 Å². The number of ketones is 3. The van der Waals surface area contributed by atoms with Gasteiger partial charge in [-0.25, -0.2) is 15.0 Å². The lowest BCUT2D eigenvalue weighted by molar-refractivity contribution is -0.143. The number of imidazole rings is 3. The summed E-state index contributed by atoms with van der Waals surface area (Å²) in [5.74, 6) is 0.509. The van der Waals surface area contributed by atoms with Crippen LogP contribution in [-0.2, 0) is 58.4 Å².